The lowest BCUT2D eigenvalue weighted by Crippen LogP contribution is -2.50. The lowest BCUT2D eigenvalue weighted by Gasteiger charge is -2.27. The molecule has 0 aromatic carbocycles. The molecule has 1 rings (SSSR count). The summed E-state index contributed by atoms with van der Waals surface area (Å²) >= 11 is 3.28. The molecule has 1 fully saturated rings. The van der Waals surface area contributed by atoms with Crippen LogP contribution in [-0.4, -0.2) is 57.7 Å². The summed E-state index contributed by atoms with van der Waals surface area (Å²) < 4.78 is 0. The Bertz CT molecular complexity index is 328. The Morgan fingerprint density at radius 3 is 2.79 bits per heavy atom. The van der Waals surface area contributed by atoms with Gasteiger partial charge in [-0.25, -0.2) is 9.59 Å². The van der Waals surface area contributed by atoms with Crippen LogP contribution in [0.5, 0.6) is 0 Å². The maximum absolute atomic E-state index is 12.2. The predicted molar refractivity (Wildman–Crippen MR) is 80.7 cm³/mol. The van der Waals surface area contributed by atoms with Gasteiger partial charge in [-0.15, -0.1) is 11.8 Å². The number of carboxylic acids is 1. The van der Waals surface area contributed by atoms with E-state index in [1.54, 1.807) is 11.8 Å². The van der Waals surface area contributed by atoms with Gasteiger partial charge in [0.25, 0.3) is 0 Å². The zero-order valence-corrected chi connectivity index (χ0v) is 13.2. The van der Waals surface area contributed by atoms with Crippen molar-refractivity contribution in [1.29, 1.82) is 0 Å². The van der Waals surface area contributed by atoms with Gasteiger partial charge in [-0.05, 0) is 24.3 Å². The van der Waals surface area contributed by atoms with Crippen molar-refractivity contribution in [3.8, 4) is 0 Å². The maximum atomic E-state index is 12.2. The molecule has 2 amide bonds. The standard InChI is InChI=1S/C12H22N2O3S2/c1-4-10-14(9(7-19-10)11(15)16)12(17)13-5-8(2)6-18-3/h8-10H,4-7H2,1-3H3,(H,13,17)(H,15,16). The second kappa shape index (κ2) is 7.89. The summed E-state index contributed by atoms with van der Waals surface area (Å²) in [4.78, 5) is 24.8. The Hall–Kier alpha value is -0.560. The van der Waals surface area contributed by atoms with Crippen LogP contribution in [0.4, 0.5) is 4.79 Å². The summed E-state index contributed by atoms with van der Waals surface area (Å²) in [6.07, 6.45) is 2.80. The normalized spacial score (nSPS) is 24.3. The number of thioether (sulfide) groups is 2. The molecular weight excluding hydrogens is 284 g/mol. The molecule has 0 aliphatic carbocycles. The lowest BCUT2D eigenvalue weighted by atomic mass is 10.2. The smallest absolute Gasteiger partial charge is 0.327 e. The van der Waals surface area contributed by atoms with Gasteiger partial charge < -0.3 is 10.4 Å². The first-order chi connectivity index (χ1) is 9.01. The first kappa shape index (κ1) is 16.5. The molecule has 2 N–H and O–H groups in total. The van der Waals surface area contributed by atoms with E-state index in [1.165, 1.54) is 16.7 Å². The van der Waals surface area contributed by atoms with E-state index in [0.717, 1.165) is 12.2 Å². The van der Waals surface area contributed by atoms with Gasteiger partial charge in [0, 0.05) is 12.3 Å². The van der Waals surface area contributed by atoms with Crippen molar-refractivity contribution in [3.05, 3.63) is 0 Å². The molecule has 0 aromatic rings. The molecule has 3 unspecified atom stereocenters. The molecule has 0 radical (unpaired) electrons. The molecule has 0 bridgehead atoms. The van der Waals surface area contributed by atoms with E-state index in [9.17, 15) is 9.59 Å². The van der Waals surface area contributed by atoms with Gasteiger partial charge in [0.2, 0.25) is 0 Å². The maximum Gasteiger partial charge on any atom is 0.327 e. The van der Waals surface area contributed by atoms with E-state index in [4.69, 9.17) is 5.11 Å². The topological polar surface area (TPSA) is 69.6 Å². The number of hydrogen-bond acceptors (Lipinski definition) is 4. The summed E-state index contributed by atoms with van der Waals surface area (Å²) in [6.45, 7) is 4.63. The zero-order chi connectivity index (χ0) is 14.4. The SMILES string of the molecule is CCC1SCC(C(=O)O)N1C(=O)NCC(C)CSC. The van der Waals surface area contributed by atoms with Crippen molar-refractivity contribution in [3.63, 3.8) is 0 Å². The first-order valence-corrected chi connectivity index (χ1v) is 8.85. The first-order valence-electron chi connectivity index (χ1n) is 6.40. The van der Waals surface area contributed by atoms with Crippen molar-refractivity contribution < 1.29 is 14.7 Å². The molecule has 0 saturated carbocycles. The number of hydrogen-bond donors (Lipinski definition) is 2. The minimum Gasteiger partial charge on any atom is -0.480 e. The Balaban J connectivity index is 2.58. The number of carbonyl (C=O) groups is 2. The van der Waals surface area contributed by atoms with Gasteiger partial charge in [-0.3, -0.25) is 4.90 Å². The molecule has 0 aromatic heterocycles. The number of rotatable bonds is 6. The van der Waals surface area contributed by atoms with E-state index < -0.39 is 12.0 Å². The molecule has 7 heteroatoms. The second-order valence-electron chi connectivity index (χ2n) is 4.70. The molecule has 1 saturated heterocycles. The highest BCUT2D eigenvalue weighted by molar-refractivity contribution is 8.00. The van der Waals surface area contributed by atoms with E-state index >= 15 is 0 Å². The van der Waals surface area contributed by atoms with Crippen LogP contribution in [0.15, 0.2) is 0 Å². The highest BCUT2D eigenvalue weighted by atomic mass is 32.2. The average Bonchev–Trinajstić information content (AvgIpc) is 2.80. The zero-order valence-electron chi connectivity index (χ0n) is 11.6. The van der Waals surface area contributed by atoms with Crippen LogP contribution in [0.3, 0.4) is 0 Å². The third kappa shape index (κ3) is 4.49. The highest BCUT2D eigenvalue weighted by Crippen LogP contribution is 2.31. The molecule has 5 nitrogen and oxygen atoms in total. The fourth-order valence-electron chi connectivity index (χ4n) is 2.04. The Morgan fingerprint density at radius 2 is 2.26 bits per heavy atom. The molecule has 110 valence electrons. The van der Waals surface area contributed by atoms with E-state index in [-0.39, 0.29) is 11.4 Å². The molecule has 1 aliphatic heterocycles. The third-order valence-corrected chi connectivity index (χ3v) is 5.37. The van der Waals surface area contributed by atoms with Crippen molar-refractivity contribution >= 4 is 35.5 Å². The number of carbonyl (C=O) groups excluding carboxylic acids is 1. The van der Waals surface area contributed by atoms with Gasteiger partial charge >= 0.3 is 12.0 Å². The molecular formula is C12H22N2O3S2. The van der Waals surface area contributed by atoms with Gasteiger partial charge in [0.15, 0.2) is 0 Å². The van der Waals surface area contributed by atoms with Crippen LogP contribution in [-0.2, 0) is 4.79 Å². The lowest BCUT2D eigenvalue weighted by molar-refractivity contribution is -0.141. The van der Waals surface area contributed by atoms with Crippen molar-refractivity contribution in [2.24, 2.45) is 5.92 Å². The van der Waals surface area contributed by atoms with E-state index in [1.807, 2.05) is 13.2 Å². The van der Waals surface area contributed by atoms with Crippen molar-refractivity contribution in [2.45, 2.75) is 31.7 Å². The molecule has 0 spiro atoms. The quantitative estimate of drug-likeness (QED) is 0.785. The molecule has 3 atom stereocenters. The van der Waals surface area contributed by atoms with E-state index in [0.29, 0.717) is 18.2 Å². The highest BCUT2D eigenvalue weighted by Gasteiger charge is 2.40. The summed E-state index contributed by atoms with van der Waals surface area (Å²) in [5, 5.41) is 12.0. The van der Waals surface area contributed by atoms with Gasteiger partial charge in [-0.1, -0.05) is 13.8 Å². The predicted octanol–water partition coefficient (Wildman–Crippen LogP) is 1.93. The van der Waals surface area contributed by atoms with Crippen LogP contribution >= 0.6 is 23.5 Å². The van der Waals surface area contributed by atoms with E-state index in [2.05, 4.69) is 12.2 Å². The largest absolute Gasteiger partial charge is 0.480 e. The summed E-state index contributed by atoms with van der Waals surface area (Å²) in [5.41, 5.74) is 0. The summed E-state index contributed by atoms with van der Waals surface area (Å²) in [7, 11) is 0. The number of nitrogens with zero attached hydrogens (tertiary/aromatic N) is 1. The van der Waals surface area contributed by atoms with Crippen LogP contribution in [0.25, 0.3) is 0 Å². The number of carboxylic acid groups (broad SMARTS) is 1. The Labute approximate surface area is 122 Å². The summed E-state index contributed by atoms with van der Waals surface area (Å²) in [5.74, 6) is 0.921. The Kier molecular flexibility index (Phi) is 6.85. The molecule has 1 aliphatic rings. The van der Waals surface area contributed by atoms with Crippen molar-refractivity contribution in [1.82, 2.24) is 10.2 Å². The molecule has 19 heavy (non-hydrogen) atoms. The number of aliphatic carboxylic acids is 1. The average molecular weight is 306 g/mol. The fraction of sp³-hybridized carbons (Fsp3) is 0.833. The monoisotopic (exact) mass is 306 g/mol. The second-order valence-corrected chi connectivity index (χ2v) is 6.83. The van der Waals surface area contributed by atoms with Crippen LogP contribution in [0, 0.1) is 5.92 Å². The van der Waals surface area contributed by atoms with Gasteiger partial charge in [0.05, 0.1) is 5.37 Å². The third-order valence-electron chi connectivity index (χ3n) is 3.01. The van der Waals surface area contributed by atoms with Crippen molar-refractivity contribution in [2.75, 3.05) is 24.3 Å². The summed E-state index contributed by atoms with van der Waals surface area (Å²) in [6, 6.07) is -0.956. The molecule has 1 heterocycles. The minimum absolute atomic E-state index is 0.0306. The van der Waals surface area contributed by atoms with Gasteiger partial charge in [-0.2, -0.15) is 11.8 Å². The van der Waals surface area contributed by atoms with Crippen LogP contribution < -0.4 is 5.32 Å². The van der Waals surface area contributed by atoms with Gasteiger partial charge in [0.1, 0.15) is 6.04 Å². The Morgan fingerprint density at radius 1 is 1.58 bits per heavy atom. The number of amides is 2. The number of urea groups is 1. The fourth-order valence-corrected chi connectivity index (χ4v) is 4.07. The van der Waals surface area contributed by atoms with Crippen LogP contribution in [0.2, 0.25) is 0 Å². The van der Waals surface area contributed by atoms with Crippen LogP contribution in [0.1, 0.15) is 20.3 Å². The minimum atomic E-state index is -0.921. The number of nitrogens with one attached hydrogen (secondary N) is 1.